The number of thioether (sulfide) groups is 1. The zero-order valence-electron chi connectivity index (χ0n) is 14.0. The normalized spacial score (nSPS) is 17.4. The first-order valence-electron chi connectivity index (χ1n) is 8.33. The van der Waals surface area contributed by atoms with Crippen LogP contribution in [0.4, 0.5) is 0 Å². The summed E-state index contributed by atoms with van der Waals surface area (Å²) >= 11 is 5.32. The highest BCUT2D eigenvalue weighted by Gasteiger charge is 2.30. The molecule has 0 aliphatic carbocycles. The fraction of sp³-hybridized carbons (Fsp3) is 0.250. The number of aryl methyl sites for hydroxylation is 1. The minimum Gasteiger partial charge on any atom is -0.350 e. The highest BCUT2D eigenvalue weighted by Crippen LogP contribution is 2.38. The Hall–Kier alpha value is -1.72. The third kappa shape index (κ3) is 3.23. The number of amides is 1. The molecule has 5 heteroatoms. The monoisotopic (exact) mass is 414 g/mol. The van der Waals surface area contributed by atoms with Gasteiger partial charge in [0, 0.05) is 40.9 Å². The molecule has 3 nitrogen and oxygen atoms in total. The molecule has 1 amide bonds. The number of halogens is 1. The minimum absolute atomic E-state index is 0.121. The van der Waals surface area contributed by atoms with Gasteiger partial charge in [0.2, 0.25) is 5.91 Å². The summed E-state index contributed by atoms with van der Waals surface area (Å²) in [4.78, 5) is 15.0. The molecule has 0 spiro atoms. The molecule has 0 N–H and O–H groups in total. The molecule has 128 valence electrons. The quantitative estimate of drug-likeness (QED) is 0.617. The predicted molar refractivity (Wildman–Crippen MR) is 108 cm³/mol. The van der Waals surface area contributed by atoms with Gasteiger partial charge in [-0.05, 0) is 29.3 Å². The minimum atomic E-state index is 0.121. The second-order valence-corrected chi connectivity index (χ2v) is 8.42. The van der Waals surface area contributed by atoms with E-state index in [0.717, 1.165) is 22.3 Å². The summed E-state index contributed by atoms with van der Waals surface area (Å²) in [5.41, 5.74) is 3.47. The second kappa shape index (κ2) is 6.89. The fourth-order valence-corrected chi connectivity index (χ4v) is 5.00. The summed E-state index contributed by atoms with van der Waals surface area (Å²) in [6.07, 6.45) is 2.54. The number of rotatable bonds is 3. The van der Waals surface area contributed by atoms with Crippen LogP contribution in [0.15, 0.2) is 59.2 Å². The van der Waals surface area contributed by atoms with Crippen molar-refractivity contribution in [2.24, 2.45) is 7.05 Å². The summed E-state index contributed by atoms with van der Waals surface area (Å²) in [6, 6.07) is 16.6. The van der Waals surface area contributed by atoms with Gasteiger partial charge in [-0.2, -0.15) is 0 Å². The van der Waals surface area contributed by atoms with Gasteiger partial charge < -0.3 is 9.47 Å². The van der Waals surface area contributed by atoms with Crippen LogP contribution in [0.1, 0.15) is 16.5 Å². The number of nitrogens with zero attached hydrogens (tertiary/aromatic N) is 2. The van der Waals surface area contributed by atoms with Crippen LogP contribution >= 0.6 is 27.7 Å². The fourth-order valence-electron chi connectivity index (χ4n) is 3.46. The Labute approximate surface area is 160 Å². The van der Waals surface area contributed by atoms with Crippen LogP contribution in [0.25, 0.3) is 10.9 Å². The molecule has 1 unspecified atom stereocenters. The van der Waals surface area contributed by atoms with Crippen LogP contribution in [0.5, 0.6) is 0 Å². The van der Waals surface area contributed by atoms with E-state index >= 15 is 0 Å². The maximum Gasteiger partial charge on any atom is 0.228 e. The molecule has 1 fully saturated rings. The Morgan fingerprint density at radius 1 is 1.20 bits per heavy atom. The molecule has 2 aromatic carbocycles. The molecule has 4 rings (SSSR count). The third-order valence-corrected chi connectivity index (χ3v) is 6.48. The van der Waals surface area contributed by atoms with Gasteiger partial charge >= 0.3 is 0 Å². The van der Waals surface area contributed by atoms with Crippen molar-refractivity contribution in [3.8, 4) is 0 Å². The van der Waals surface area contributed by atoms with Crippen LogP contribution in [0, 0.1) is 0 Å². The Morgan fingerprint density at radius 3 is 2.76 bits per heavy atom. The van der Waals surface area contributed by atoms with Crippen molar-refractivity contribution in [1.29, 1.82) is 0 Å². The van der Waals surface area contributed by atoms with Crippen molar-refractivity contribution in [3.63, 3.8) is 0 Å². The molecule has 0 radical (unpaired) electrons. The number of carbonyl (C=O) groups excluding carboxylic acids is 1. The molecule has 1 aliphatic rings. The number of para-hydroxylation sites is 1. The first kappa shape index (κ1) is 16.7. The highest BCUT2D eigenvalue weighted by atomic mass is 79.9. The molecule has 1 aromatic heterocycles. The number of carbonyl (C=O) groups is 1. The van der Waals surface area contributed by atoms with E-state index in [1.54, 1.807) is 0 Å². The zero-order valence-corrected chi connectivity index (χ0v) is 16.4. The summed E-state index contributed by atoms with van der Waals surface area (Å²) in [5.74, 6) is 1.19. The van der Waals surface area contributed by atoms with Crippen LogP contribution < -0.4 is 0 Å². The van der Waals surface area contributed by atoms with Crippen molar-refractivity contribution in [1.82, 2.24) is 9.47 Å². The predicted octanol–water partition coefficient (Wildman–Crippen LogP) is 4.76. The molecule has 2 heterocycles. The standard InChI is InChI=1S/C20H19BrN2OS/c1-22-13-15(17-4-2-3-5-18(17)22)12-19(24)23-10-11-25-20(23)14-6-8-16(21)9-7-14/h2-9,13,20H,10-12H2,1H3. The van der Waals surface area contributed by atoms with Gasteiger partial charge in [-0.25, -0.2) is 0 Å². The maximum absolute atomic E-state index is 13.0. The molecular weight excluding hydrogens is 396 g/mol. The average molecular weight is 415 g/mol. The van der Waals surface area contributed by atoms with E-state index in [9.17, 15) is 4.79 Å². The lowest BCUT2D eigenvalue weighted by Crippen LogP contribution is -2.31. The number of fused-ring (bicyclic) bond motifs is 1. The van der Waals surface area contributed by atoms with Crippen molar-refractivity contribution in [3.05, 3.63) is 70.3 Å². The van der Waals surface area contributed by atoms with E-state index in [0.29, 0.717) is 6.42 Å². The summed E-state index contributed by atoms with van der Waals surface area (Å²) in [6.45, 7) is 0.814. The molecule has 1 atom stereocenters. The van der Waals surface area contributed by atoms with Crippen LogP contribution in [0.2, 0.25) is 0 Å². The number of benzene rings is 2. The largest absolute Gasteiger partial charge is 0.350 e. The van der Waals surface area contributed by atoms with Crippen LogP contribution in [0.3, 0.4) is 0 Å². The molecule has 3 aromatic rings. The van der Waals surface area contributed by atoms with Gasteiger partial charge in [-0.3, -0.25) is 4.79 Å². The van der Waals surface area contributed by atoms with E-state index in [4.69, 9.17) is 0 Å². The lowest BCUT2D eigenvalue weighted by Gasteiger charge is -2.24. The highest BCUT2D eigenvalue weighted by molar-refractivity contribution is 9.10. The van der Waals surface area contributed by atoms with E-state index in [2.05, 4.69) is 51.0 Å². The Bertz CT molecular complexity index is 919. The molecular formula is C20H19BrN2OS. The smallest absolute Gasteiger partial charge is 0.228 e. The van der Waals surface area contributed by atoms with Crippen LogP contribution in [-0.2, 0) is 18.3 Å². The van der Waals surface area contributed by atoms with Crippen molar-refractivity contribution in [2.75, 3.05) is 12.3 Å². The topological polar surface area (TPSA) is 25.2 Å². The first-order valence-corrected chi connectivity index (χ1v) is 10.2. The molecule has 1 saturated heterocycles. The van der Waals surface area contributed by atoms with Gasteiger partial charge in [-0.15, -0.1) is 11.8 Å². The lowest BCUT2D eigenvalue weighted by atomic mass is 10.1. The van der Waals surface area contributed by atoms with Crippen LogP contribution in [-0.4, -0.2) is 27.7 Å². The summed E-state index contributed by atoms with van der Waals surface area (Å²) < 4.78 is 3.16. The average Bonchev–Trinajstić information content (AvgIpc) is 3.22. The number of hydrogen-bond donors (Lipinski definition) is 0. The number of hydrogen-bond acceptors (Lipinski definition) is 2. The van der Waals surface area contributed by atoms with E-state index < -0.39 is 0 Å². The molecule has 25 heavy (non-hydrogen) atoms. The zero-order chi connectivity index (χ0) is 17.4. The van der Waals surface area contributed by atoms with Gasteiger partial charge in [0.05, 0.1) is 6.42 Å². The molecule has 1 aliphatic heterocycles. The SMILES string of the molecule is Cn1cc(CC(=O)N2CCSC2c2ccc(Br)cc2)c2ccccc21. The first-order chi connectivity index (χ1) is 12.1. The van der Waals surface area contributed by atoms with Gasteiger partial charge in [-0.1, -0.05) is 46.3 Å². The molecule has 0 saturated carbocycles. The second-order valence-electron chi connectivity index (χ2n) is 6.32. The van der Waals surface area contributed by atoms with Crippen molar-refractivity contribution >= 4 is 44.5 Å². The maximum atomic E-state index is 13.0. The molecule has 0 bridgehead atoms. The third-order valence-electron chi connectivity index (χ3n) is 4.69. The van der Waals surface area contributed by atoms with Gasteiger partial charge in [0.25, 0.3) is 0 Å². The Kier molecular flexibility index (Phi) is 4.61. The Morgan fingerprint density at radius 2 is 1.96 bits per heavy atom. The Balaban J connectivity index is 1.58. The van der Waals surface area contributed by atoms with E-state index in [1.807, 2.05) is 48.0 Å². The van der Waals surface area contributed by atoms with Crippen molar-refractivity contribution in [2.45, 2.75) is 11.8 Å². The van der Waals surface area contributed by atoms with E-state index in [-0.39, 0.29) is 11.3 Å². The summed E-state index contributed by atoms with van der Waals surface area (Å²) in [5, 5.41) is 1.29. The van der Waals surface area contributed by atoms with Gasteiger partial charge in [0.15, 0.2) is 0 Å². The number of aromatic nitrogens is 1. The lowest BCUT2D eigenvalue weighted by molar-refractivity contribution is -0.130. The van der Waals surface area contributed by atoms with Crippen molar-refractivity contribution < 1.29 is 4.79 Å². The summed E-state index contributed by atoms with van der Waals surface area (Å²) in [7, 11) is 2.03. The van der Waals surface area contributed by atoms with E-state index in [1.165, 1.54) is 16.5 Å². The van der Waals surface area contributed by atoms with Gasteiger partial charge in [0.1, 0.15) is 5.37 Å².